The topological polar surface area (TPSA) is 91.3 Å². The van der Waals surface area contributed by atoms with Crippen molar-refractivity contribution in [1.82, 2.24) is 19.9 Å². The van der Waals surface area contributed by atoms with E-state index < -0.39 is 24.2 Å². The molecule has 2 aromatic carbocycles. The van der Waals surface area contributed by atoms with Crippen LogP contribution in [0.5, 0.6) is 6.01 Å². The first-order valence-electron chi connectivity index (χ1n) is 12.7. The Morgan fingerprint density at radius 2 is 1.92 bits per heavy atom. The molecule has 0 radical (unpaired) electrons. The standard InChI is InChI=1S/C28H28F2N4O3/c29-19(15-35)13-18-7-1-5-17-6-2-8-20(22(17)18)24-23(30)25-21(14-31-24)26(36)33-27(32-25)37-16-28-9-3-11-34(28)12-4-10-28/h1-2,5-8,14,19,35H,3-4,9-13,15-16H2,(H,32,33,36). The zero-order valence-corrected chi connectivity index (χ0v) is 20.3. The molecule has 0 bridgehead atoms. The molecule has 0 spiro atoms. The first-order valence-corrected chi connectivity index (χ1v) is 12.7. The molecule has 192 valence electrons. The summed E-state index contributed by atoms with van der Waals surface area (Å²) in [6.45, 7) is 1.88. The average molecular weight is 507 g/mol. The second-order valence-electron chi connectivity index (χ2n) is 10.1. The van der Waals surface area contributed by atoms with Crippen molar-refractivity contribution in [2.24, 2.45) is 0 Å². The van der Waals surface area contributed by atoms with E-state index in [0.717, 1.165) is 44.2 Å². The molecular formula is C28H28F2N4O3. The predicted molar refractivity (Wildman–Crippen MR) is 137 cm³/mol. The van der Waals surface area contributed by atoms with Crippen molar-refractivity contribution in [1.29, 1.82) is 0 Å². The molecular weight excluding hydrogens is 478 g/mol. The summed E-state index contributed by atoms with van der Waals surface area (Å²) in [6, 6.07) is 10.8. The van der Waals surface area contributed by atoms with Gasteiger partial charge in [-0.25, -0.2) is 8.78 Å². The quantitative estimate of drug-likeness (QED) is 0.391. The van der Waals surface area contributed by atoms with Gasteiger partial charge < -0.3 is 9.84 Å². The summed E-state index contributed by atoms with van der Waals surface area (Å²) in [4.78, 5) is 26.5. The van der Waals surface area contributed by atoms with E-state index >= 15 is 4.39 Å². The first-order chi connectivity index (χ1) is 18.0. The van der Waals surface area contributed by atoms with Gasteiger partial charge in [-0.1, -0.05) is 36.4 Å². The minimum absolute atomic E-state index is 0.0106. The molecule has 4 aromatic rings. The van der Waals surface area contributed by atoms with Crippen LogP contribution in [-0.2, 0) is 6.42 Å². The van der Waals surface area contributed by atoms with Gasteiger partial charge in [0, 0.05) is 18.2 Å². The van der Waals surface area contributed by atoms with E-state index in [1.54, 1.807) is 24.3 Å². The highest BCUT2D eigenvalue weighted by molar-refractivity contribution is 5.99. The van der Waals surface area contributed by atoms with Crippen molar-refractivity contribution in [3.8, 4) is 17.3 Å². The second-order valence-corrected chi connectivity index (χ2v) is 10.1. The summed E-state index contributed by atoms with van der Waals surface area (Å²) in [5, 5.41) is 10.7. The van der Waals surface area contributed by atoms with Crippen molar-refractivity contribution in [2.75, 3.05) is 26.3 Å². The number of aromatic nitrogens is 3. The predicted octanol–water partition coefficient (Wildman–Crippen LogP) is 4.16. The lowest BCUT2D eigenvalue weighted by Crippen LogP contribution is -2.43. The Kier molecular flexibility index (Phi) is 6.12. The van der Waals surface area contributed by atoms with E-state index in [1.807, 2.05) is 12.1 Å². The van der Waals surface area contributed by atoms with Gasteiger partial charge in [-0.15, -0.1) is 0 Å². The number of hydrogen-bond donors (Lipinski definition) is 2. The second kappa shape index (κ2) is 9.46. The molecule has 7 nitrogen and oxygen atoms in total. The molecule has 9 heteroatoms. The smallest absolute Gasteiger partial charge is 0.297 e. The molecule has 0 aliphatic carbocycles. The number of rotatable bonds is 7. The van der Waals surface area contributed by atoms with Crippen LogP contribution < -0.4 is 10.3 Å². The molecule has 2 fully saturated rings. The van der Waals surface area contributed by atoms with E-state index in [2.05, 4.69) is 19.9 Å². The van der Waals surface area contributed by atoms with Crippen LogP contribution in [0.1, 0.15) is 31.2 Å². The Morgan fingerprint density at radius 1 is 1.16 bits per heavy atom. The highest BCUT2D eigenvalue weighted by atomic mass is 19.1. The number of pyridine rings is 1. The molecule has 2 aromatic heterocycles. The lowest BCUT2D eigenvalue weighted by atomic mass is 9.94. The van der Waals surface area contributed by atoms with Crippen LogP contribution in [0.3, 0.4) is 0 Å². The van der Waals surface area contributed by atoms with Gasteiger partial charge in [0.15, 0.2) is 5.82 Å². The number of nitrogens with zero attached hydrogens (tertiary/aromatic N) is 3. The number of hydrogen-bond acceptors (Lipinski definition) is 6. The van der Waals surface area contributed by atoms with Crippen LogP contribution >= 0.6 is 0 Å². The van der Waals surface area contributed by atoms with Crippen molar-refractivity contribution in [3.05, 3.63) is 64.3 Å². The summed E-state index contributed by atoms with van der Waals surface area (Å²) in [6.07, 6.45) is 4.15. The van der Waals surface area contributed by atoms with Crippen molar-refractivity contribution < 1.29 is 18.6 Å². The van der Waals surface area contributed by atoms with E-state index in [1.165, 1.54) is 6.20 Å². The number of aromatic amines is 1. The number of H-pyrrole nitrogens is 1. The molecule has 6 rings (SSSR count). The van der Waals surface area contributed by atoms with Gasteiger partial charge in [0.1, 0.15) is 24.0 Å². The summed E-state index contributed by atoms with van der Waals surface area (Å²) in [7, 11) is 0. The van der Waals surface area contributed by atoms with Crippen LogP contribution in [0.15, 0.2) is 47.4 Å². The van der Waals surface area contributed by atoms with Crippen LogP contribution in [0, 0.1) is 5.82 Å². The Balaban J connectivity index is 1.42. The van der Waals surface area contributed by atoms with E-state index in [4.69, 9.17) is 4.74 Å². The zero-order valence-electron chi connectivity index (χ0n) is 20.3. The number of ether oxygens (including phenoxy) is 1. The van der Waals surface area contributed by atoms with Crippen LogP contribution in [-0.4, -0.2) is 63.0 Å². The Labute approximate surface area is 212 Å². The third-order valence-electron chi connectivity index (χ3n) is 7.85. The maximum atomic E-state index is 16.0. The summed E-state index contributed by atoms with van der Waals surface area (Å²) < 4.78 is 36.1. The Bertz CT molecular complexity index is 1520. The van der Waals surface area contributed by atoms with E-state index in [-0.39, 0.29) is 34.6 Å². The highest BCUT2D eigenvalue weighted by Crippen LogP contribution is 2.39. The minimum Gasteiger partial charge on any atom is -0.463 e. The minimum atomic E-state index is -1.44. The molecule has 2 N–H and O–H groups in total. The maximum absolute atomic E-state index is 16.0. The molecule has 0 saturated carbocycles. The molecule has 1 unspecified atom stereocenters. The molecule has 2 aliphatic heterocycles. The lowest BCUT2D eigenvalue weighted by molar-refractivity contribution is 0.107. The first kappa shape index (κ1) is 23.9. The Hall–Kier alpha value is -3.43. The fourth-order valence-corrected chi connectivity index (χ4v) is 6.06. The van der Waals surface area contributed by atoms with Crippen molar-refractivity contribution in [2.45, 2.75) is 43.8 Å². The number of aliphatic hydroxyl groups is 1. The molecule has 37 heavy (non-hydrogen) atoms. The van der Waals surface area contributed by atoms with Crippen LogP contribution in [0.2, 0.25) is 0 Å². The van der Waals surface area contributed by atoms with E-state index in [9.17, 15) is 14.3 Å². The highest BCUT2D eigenvalue weighted by Gasteiger charge is 2.45. The third kappa shape index (κ3) is 4.16. The van der Waals surface area contributed by atoms with E-state index in [0.29, 0.717) is 23.1 Å². The number of alkyl halides is 1. The van der Waals surface area contributed by atoms with Gasteiger partial charge in [-0.05, 0) is 55.1 Å². The SMILES string of the molecule is O=c1[nH]c(OCC23CCCN2CCC3)nc2c(F)c(-c3cccc4cccc(CC(F)CO)c34)ncc12. The maximum Gasteiger partial charge on any atom is 0.297 e. The van der Waals surface area contributed by atoms with Gasteiger partial charge in [0.2, 0.25) is 0 Å². The molecule has 1 atom stereocenters. The normalized spacial score (nSPS) is 17.9. The summed E-state index contributed by atoms with van der Waals surface area (Å²) in [5.74, 6) is -0.740. The van der Waals surface area contributed by atoms with Crippen molar-refractivity contribution >= 4 is 21.7 Å². The molecule has 4 heterocycles. The monoisotopic (exact) mass is 506 g/mol. The van der Waals surface area contributed by atoms with Gasteiger partial charge in [-0.2, -0.15) is 4.98 Å². The fraction of sp³-hybridized carbons (Fsp3) is 0.393. The molecule has 0 amide bonds. The van der Waals surface area contributed by atoms with Gasteiger partial charge in [0.05, 0.1) is 17.5 Å². The zero-order chi connectivity index (χ0) is 25.6. The number of halogens is 2. The van der Waals surface area contributed by atoms with Gasteiger partial charge >= 0.3 is 0 Å². The largest absolute Gasteiger partial charge is 0.463 e. The number of aliphatic hydroxyl groups excluding tert-OH is 1. The average Bonchev–Trinajstić information content (AvgIpc) is 3.48. The van der Waals surface area contributed by atoms with Gasteiger partial charge in [-0.3, -0.25) is 19.7 Å². The summed E-state index contributed by atoms with van der Waals surface area (Å²) >= 11 is 0. The van der Waals surface area contributed by atoms with Gasteiger partial charge in [0.25, 0.3) is 11.6 Å². The number of benzene rings is 2. The van der Waals surface area contributed by atoms with Crippen molar-refractivity contribution in [3.63, 3.8) is 0 Å². The van der Waals surface area contributed by atoms with Crippen LogP contribution in [0.4, 0.5) is 8.78 Å². The third-order valence-corrected chi connectivity index (χ3v) is 7.85. The molecule has 2 aliphatic rings. The lowest BCUT2D eigenvalue weighted by Gasteiger charge is -2.31. The fourth-order valence-electron chi connectivity index (χ4n) is 6.06. The summed E-state index contributed by atoms with van der Waals surface area (Å²) in [5.41, 5.74) is 0.434. The van der Waals surface area contributed by atoms with Crippen LogP contribution in [0.25, 0.3) is 32.9 Å². The number of nitrogens with one attached hydrogen (secondary N) is 1. The number of fused-ring (bicyclic) bond motifs is 3. The molecule has 2 saturated heterocycles. The Morgan fingerprint density at radius 3 is 2.68 bits per heavy atom.